The zero-order valence-corrected chi connectivity index (χ0v) is 10.9. The number of carbonyl (C=O) groups excluding carboxylic acids is 1. The van der Waals surface area contributed by atoms with Crippen molar-refractivity contribution in [2.45, 2.75) is 12.8 Å². The minimum atomic E-state index is -0.00728. The number of piperidine rings is 1. The fourth-order valence-electron chi connectivity index (χ4n) is 2.33. The molecule has 6 heteroatoms. The first-order chi connectivity index (χ1) is 9.20. The van der Waals surface area contributed by atoms with Crippen LogP contribution in [0, 0.1) is 5.92 Å². The summed E-state index contributed by atoms with van der Waals surface area (Å²) in [5.74, 6) is -0.00925. The van der Waals surface area contributed by atoms with Gasteiger partial charge in [0.15, 0.2) is 0 Å². The van der Waals surface area contributed by atoms with Gasteiger partial charge >= 0.3 is 0 Å². The lowest BCUT2D eigenvalue weighted by Crippen LogP contribution is -2.38. The van der Waals surface area contributed by atoms with Crippen molar-refractivity contribution in [2.75, 3.05) is 25.5 Å². The third-order valence-corrected chi connectivity index (χ3v) is 3.31. The molecule has 6 nitrogen and oxygen atoms in total. The molecule has 1 aromatic rings. The highest BCUT2D eigenvalue weighted by Crippen LogP contribution is 2.26. The Bertz CT molecular complexity index is 510. The normalized spacial score (nSPS) is 19.5. The number of benzene rings is 1. The average Bonchev–Trinajstić information content (AvgIpc) is 2.41. The largest absolute Gasteiger partial charge is 0.325 e. The van der Waals surface area contributed by atoms with E-state index in [-0.39, 0.29) is 11.8 Å². The molecule has 0 spiro atoms. The van der Waals surface area contributed by atoms with Crippen molar-refractivity contribution in [3.8, 4) is 0 Å². The van der Waals surface area contributed by atoms with Gasteiger partial charge in [-0.05, 0) is 38.0 Å². The Balaban J connectivity index is 2.08. The number of rotatable bonds is 3. The molecular weight excluding hydrogens is 242 g/mol. The van der Waals surface area contributed by atoms with Gasteiger partial charge in [0.05, 0.1) is 17.3 Å². The van der Waals surface area contributed by atoms with E-state index in [4.69, 9.17) is 5.53 Å². The molecule has 100 valence electrons. The zero-order valence-electron chi connectivity index (χ0n) is 10.9. The summed E-state index contributed by atoms with van der Waals surface area (Å²) in [6, 6.07) is 7.00. The van der Waals surface area contributed by atoms with Gasteiger partial charge in [0.1, 0.15) is 0 Å². The second-order valence-corrected chi connectivity index (χ2v) is 4.80. The van der Waals surface area contributed by atoms with Crippen LogP contribution < -0.4 is 5.32 Å². The molecule has 1 aromatic carbocycles. The maximum atomic E-state index is 12.2. The molecule has 0 saturated carbocycles. The van der Waals surface area contributed by atoms with E-state index in [1.807, 2.05) is 7.05 Å². The number of likely N-dealkylation sites (tertiary alicyclic amines) is 1. The van der Waals surface area contributed by atoms with Crippen LogP contribution in [0.4, 0.5) is 11.4 Å². The highest BCUT2D eigenvalue weighted by atomic mass is 16.1. The molecule has 1 unspecified atom stereocenters. The van der Waals surface area contributed by atoms with Gasteiger partial charge in [-0.15, -0.1) is 0 Å². The fraction of sp³-hybridized carbons (Fsp3) is 0.462. The lowest BCUT2D eigenvalue weighted by molar-refractivity contribution is -0.121. The van der Waals surface area contributed by atoms with Crippen molar-refractivity contribution < 1.29 is 4.79 Å². The number of hydrogen-bond donors (Lipinski definition) is 1. The van der Waals surface area contributed by atoms with Crippen molar-refractivity contribution >= 4 is 17.3 Å². The SMILES string of the molecule is CN1CCCC(C(=O)Nc2ccccc2N=[N+]=[N-])C1. The quantitative estimate of drug-likeness (QED) is 0.514. The lowest BCUT2D eigenvalue weighted by atomic mass is 9.97. The van der Waals surface area contributed by atoms with Gasteiger partial charge in [0.2, 0.25) is 5.91 Å². The molecule has 0 aliphatic carbocycles. The number of amides is 1. The van der Waals surface area contributed by atoms with Crippen LogP contribution in [0.15, 0.2) is 29.4 Å². The molecule has 0 radical (unpaired) electrons. The van der Waals surface area contributed by atoms with E-state index in [0.717, 1.165) is 25.9 Å². The van der Waals surface area contributed by atoms with Gasteiger partial charge in [0, 0.05) is 11.5 Å². The van der Waals surface area contributed by atoms with Crippen LogP contribution in [0.2, 0.25) is 0 Å². The van der Waals surface area contributed by atoms with Crippen molar-refractivity contribution in [2.24, 2.45) is 11.0 Å². The smallest absolute Gasteiger partial charge is 0.228 e. The van der Waals surface area contributed by atoms with E-state index in [1.165, 1.54) is 0 Å². The summed E-state index contributed by atoms with van der Waals surface area (Å²) in [7, 11) is 2.02. The summed E-state index contributed by atoms with van der Waals surface area (Å²) in [5.41, 5.74) is 9.52. The molecule has 1 fully saturated rings. The first kappa shape index (κ1) is 13.4. The topological polar surface area (TPSA) is 81.1 Å². The Hall–Kier alpha value is -2.04. The summed E-state index contributed by atoms with van der Waals surface area (Å²) in [5, 5.41) is 6.43. The highest BCUT2D eigenvalue weighted by Gasteiger charge is 2.24. The summed E-state index contributed by atoms with van der Waals surface area (Å²) in [4.78, 5) is 17.1. The Morgan fingerprint density at radius 3 is 3.05 bits per heavy atom. The van der Waals surface area contributed by atoms with Crippen molar-refractivity contribution in [1.29, 1.82) is 0 Å². The molecule has 1 saturated heterocycles. The molecule has 1 heterocycles. The molecule has 19 heavy (non-hydrogen) atoms. The third-order valence-electron chi connectivity index (χ3n) is 3.31. The third kappa shape index (κ3) is 3.47. The number of anilines is 1. The molecule has 1 N–H and O–H groups in total. The Morgan fingerprint density at radius 2 is 2.32 bits per heavy atom. The summed E-state index contributed by atoms with van der Waals surface area (Å²) in [6.45, 7) is 1.81. The van der Waals surface area contributed by atoms with E-state index in [9.17, 15) is 4.79 Å². The van der Waals surface area contributed by atoms with Crippen LogP contribution in [-0.2, 0) is 4.79 Å². The maximum Gasteiger partial charge on any atom is 0.228 e. The number of nitrogens with one attached hydrogen (secondary N) is 1. The number of para-hydroxylation sites is 1. The molecule has 1 aliphatic heterocycles. The second kappa shape index (κ2) is 6.22. The van der Waals surface area contributed by atoms with Gasteiger partial charge in [-0.1, -0.05) is 23.3 Å². The van der Waals surface area contributed by atoms with E-state index in [1.54, 1.807) is 24.3 Å². The number of azide groups is 1. The monoisotopic (exact) mass is 259 g/mol. The first-order valence-corrected chi connectivity index (χ1v) is 6.34. The Morgan fingerprint density at radius 1 is 1.53 bits per heavy atom. The standard InChI is InChI=1S/C13H17N5O/c1-18-8-4-5-10(9-18)13(19)15-11-6-2-3-7-12(11)16-17-14/h2-3,6-7,10H,4-5,8-9H2,1H3,(H,15,19). The van der Waals surface area contributed by atoms with Gasteiger partial charge in [-0.25, -0.2) is 0 Å². The predicted octanol–water partition coefficient (Wildman–Crippen LogP) is 2.91. The summed E-state index contributed by atoms with van der Waals surface area (Å²) >= 11 is 0. The van der Waals surface area contributed by atoms with E-state index in [2.05, 4.69) is 20.2 Å². The molecular formula is C13H17N5O. The van der Waals surface area contributed by atoms with Crippen molar-refractivity contribution in [1.82, 2.24) is 4.90 Å². The summed E-state index contributed by atoms with van der Waals surface area (Å²) < 4.78 is 0. The number of carbonyl (C=O) groups is 1. The first-order valence-electron chi connectivity index (χ1n) is 6.34. The van der Waals surface area contributed by atoms with Crippen molar-refractivity contribution in [3.63, 3.8) is 0 Å². The van der Waals surface area contributed by atoms with E-state index >= 15 is 0 Å². The van der Waals surface area contributed by atoms with Gasteiger partial charge < -0.3 is 10.2 Å². The number of nitrogens with zero attached hydrogens (tertiary/aromatic N) is 4. The zero-order chi connectivity index (χ0) is 13.7. The van der Waals surface area contributed by atoms with E-state index in [0.29, 0.717) is 11.4 Å². The van der Waals surface area contributed by atoms with Crippen LogP contribution in [0.5, 0.6) is 0 Å². The average molecular weight is 259 g/mol. The molecule has 1 aliphatic rings. The number of hydrogen-bond acceptors (Lipinski definition) is 3. The predicted molar refractivity (Wildman–Crippen MR) is 74.1 cm³/mol. The molecule has 1 atom stereocenters. The van der Waals surface area contributed by atoms with Crippen LogP contribution in [0.1, 0.15) is 12.8 Å². The van der Waals surface area contributed by atoms with Gasteiger partial charge in [0.25, 0.3) is 0 Å². The van der Waals surface area contributed by atoms with E-state index < -0.39 is 0 Å². The maximum absolute atomic E-state index is 12.2. The molecule has 1 amide bonds. The Labute approximate surface area is 112 Å². The van der Waals surface area contributed by atoms with Crippen LogP contribution >= 0.6 is 0 Å². The molecule has 0 bridgehead atoms. The second-order valence-electron chi connectivity index (χ2n) is 4.80. The molecule has 2 rings (SSSR count). The lowest BCUT2D eigenvalue weighted by Gasteiger charge is -2.28. The summed E-state index contributed by atoms with van der Waals surface area (Å²) in [6.07, 6.45) is 1.94. The minimum absolute atomic E-state index is 0.00197. The highest BCUT2D eigenvalue weighted by molar-refractivity contribution is 5.95. The van der Waals surface area contributed by atoms with Crippen LogP contribution in [-0.4, -0.2) is 30.9 Å². The van der Waals surface area contributed by atoms with Gasteiger partial charge in [-0.3, -0.25) is 4.79 Å². The van der Waals surface area contributed by atoms with Crippen molar-refractivity contribution in [3.05, 3.63) is 34.7 Å². The van der Waals surface area contributed by atoms with Crippen LogP contribution in [0.25, 0.3) is 10.4 Å². The Kier molecular flexibility index (Phi) is 4.39. The minimum Gasteiger partial charge on any atom is -0.325 e. The van der Waals surface area contributed by atoms with Crippen LogP contribution in [0.3, 0.4) is 0 Å². The van der Waals surface area contributed by atoms with Gasteiger partial charge in [-0.2, -0.15) is 0 Å². The molecule has 0 aromatic heterocycles. The fourth-order valence-corrected chi connectivity index (χ4v) is 2.33.